The van der Waals surface area contributed by atoms with Crippen LogP contribution in [-0.4, -0.2) is 25.1 Å². The third kappa shape index (κ3) is 3.41. The van der Waals surface area contributed by atoms with Crippen LogP contribution < -0.4 is 10.5 Å². The van der Waals surface area contributed by atoms with E-state index in [2.05, 4.69) is 15.2 Å². The molecule has 0 bridgehead atoms. The molecule has 0 aliphatic rings. The van der Waals surface area contributed by atoms with Crippen LogP contribution in [0, 0.1) is 29.1 Å². The molecule has 1 aromatic rings. The Bertz CT molecular complexity index is 534. The average Bonchev–Trinajstić information content (AvgIpc) is 2.39. The summed E-state index contributed by atoms with van der Waals surface area (Å²) in [6.45, 7) is -1.66. The SMILES string of the molecule is NC(=O)COCC(=O)Oc1c(F)c(F)c(F)c(F)c1F. The summed E-state index contributed by atoms with van der Waals surface area (Å²) in [5.41, 5.74) is 4.66. The number of halogens is 5. The van der Waals surface area contributed by atoms with Gasteiger partial charge in [0.25, 0.3) is 0 Å². The first-order valence-electron chi connectivity index (χ1n) is 4.83. The Labute approximate surface area is 108 Å². The van der Waals surface area contributed by atoms with Gasteiger partial charge in [0, 0.05) is 0 Å². The molecule has 0 aromatic heterocycles. The van der Waals surface area contributed by atoms with Gasteiger partial charge >= 0.3 is 5.97 Å². The van der Waals surface area contributed by atoms with E-state index >= 15 is 0 Å². The van der Waals surface area contributed by atoms with Gasteiger partial charge in [0.15, 0.2) is 0 Å². The van der Waals surface area contributed by atoms with Crippen molar-refractivity contribution >= 4 is 11.9 Å². The molecule has 2 N–H and O–H groups in total. The molecule has 10 heteroatoms. The van der Waals surface area contributed by atoms with Crippen LogP contribution in [0.4, 0.5) is 22.0 Å². The van der Waals surface area contributed by atoms with E-state index < -0.39 is 59.9 Å². The zero-order valence-electron chi connectivity index (χ0n) is 9.51. The number of esters is 1. The van der Waals surface area contributed by atoms with Gasteiger partial charge in [-0.2, -0.15) is 8.78 Å². The monoisotopic (exact) mass is 299 g/mol. The largest absolute Gasteiger partial charge is 0.418 e. The Morgan fingerprint density at radius 3 is 1.75 bits per heavy atom. The van der Waals surface area contributed by atoms with E-state index in [9.17, 15) is 31.5 Å². The molecule has 0 fully saturated rings. The minimum absolute atomic E-state index is 0.688. The van der Waals surface area contributed by atoms with Crippen molar-refractivity contribution in [2.45, 2.75) is 0 Å². The van der Waals surface area contributed by atoms with Crippen LogP contribution in [0.25, 0.3) is 0 Å². The number of ether oxygens (including phenoxy) is 2. The van der Waals surface area contributed by atoms with Crippen molar-refractivity contribution in [3.8, 4) is 5.75 Å². The van der Waals surface area contributed by atoms with Crippen LogP contribution in [0.2, 0.25) is 0 Å². The fourth-order valence-electron chi connectivity index (χ4n) is 1.05. The Morgan fingerprint density at radius 2 is 1.30 bits per heavy atom. The Balaban J connectivity index is 2.88. The molecule has 0 saturated heterocycles. The van der Waals surface area contributed by atoms with Crippen molar-refractivity contribution in [1.29, 1.82) is 0 Å². The lowest BCUT2D eigenvalue weighted by atomic mass is 10.2. The number of carbonyl (C=O) groups is 2. The van der Waals surface area contributed by atoms with E-state index in [1.807, 2.05) is 0 Å². The normalized spacial score (nSPS) is 10.4. The molecule has 5 nitrogen and oxygen atoms in total. The van der Waals surface area contributed by atoms with Gasteiger partial charge in [-0.05, 0) is 0 Å². The molecule has 20 heavy (non-hydrogen) atoms. The predicted octanol–water partition coefficient (Wildman–Crippen LogP) is 0.789. The summed E-state index contributed by atoms with van der Waals surface area (Å²) in [5.74, 6) is -15.7. The maximum Gasteiger partial charge on any atom is 0.337 e. The first kappa shape index (κ1) is 15.8. The second kappa shape index (κ2) is 6.28. The molecule has 0 radical (unpaired) electrons. The Kier molecular flexibility index (Phi) is 4.97. The number of hydrogen-bond acceptors (Lipinski definition) is 4. The lowest BCUT2D eigenvalue weighted by molar-refractivity contribution is -0.141. The molecule has 1 amide bonds. The maximum atomic E-state index is 13.1. The minimum atomic E-state index is -2.38. The number of hydrogen-bond donors (Lipinski definition) is 1. The van der Waals surface area contributed by atoms with E-state index in [4.69, 9.17) is 0 Å². The summed E-state index contributed by atoms with van der Waals surface area (Å²) in [6.07, 6.45) is 0. The zero-order valence-corrected chi connectivity index (χ0v) is 9.51. The van der Waals surface area contributed by atoms with Gasteiger partial charge in [0.2, 0.25) is 40.7 Å². The van der Waals surface area contributed by atoms with Crippen LogP contribution in [0.1, 0.15) is 0 Å². The lowest BCUT2D eigenvalue weighted by Gasteiger charge is -2.08. The Morgan fingerprint density at radius 1 is 0.850 bits per heavy atom. The number of rotatable bonds is 5. The molecule has 0 atom stereocenters. The molecule has 0 saturated carbocycles. The standard InChI is InChI=1S/C10H6F5NO4/c11-5-6(12)8(14)10(9(15)7(5)13)20-4(18)2-19-1-3(16)17/h1-2H2,(H2,16,17). The molecule has 1 rings (SSSR count). The topological polar surface area (TPSA) is 78.6 Å². The van der Waals surface area contributed by atoms with E-state index in [0.717, 1.165) is 0 Å². The molecule has 0 heterocycles. The number of nitrogens with two attached hydrogens (primary N) is 1. The van der Waals surface area contributed by atoms with Crippen molar-refractivity contribution in [3.05, 3.63) is 29.1 Å². The first-order valence-corrected chi connectivity index (χ1v) is 4.83. The predicted molar refractivity (Wildman–Crippen MR) is 51.9 cm³/mol. The number of amides is 1. The van der Waals surface area contributed by atoms with Crippen LogP contribution in [0.5, 0.6) is 5.75 Å². The van der Waals surface area contributed by atoms with Crippen molar-refractivity contribution in [2.24, 2.45) is 5.73 Å². The van der Waals surface area contributed by atoms with Gasteiger partial charge < -0.3 is 15.2 Å². The molecule has 0 aliphatic heterocycles. The second-order valence-corrected chi connectivity index (χ2v) is 3.33. The van der Waals surface area contributed by atoms with Crippen molar-refractivity contribution in [2.75, 3.05) is 13.2 Å². The smallest absolute Gasteiger partial charge is 0.337 e. The van der Waals surface area contributed by atoms with Crippen molar-refractivity contribution < 1.29 is 41.0 Å². The van der Waals surface area contributed by atoms with Gasteiger partial charge in [0.1, 0.15) is 13.2 Å². The van der Waals surface area contributed by atoms with Crippen LogP contribution in [0.3, 0.4) is 0 Å². The average molecular weight is 299 g/mol. The maximum absolute atomic E-state index is 13.1. The summed E-state index contributed by atoms with van der Waals surface area (Å²) in [6, 6.07) is 0. The molecular formula is C10H6F5NO4. The van der Waals surface area contributed by atoms with Crippen molar-refractivity contribution in [3.63, 3.8) is 0 Å². The third-order valence-corrected chi connectivity index (χ3v) is 1.85. The zero-order chi connectivity index (χ0) is 15.4. The molecular weight excluding hydrogens is 293 g/mol. The van der Waals surface area contributed by atoms with Gasteiger partial charge in [0.05, 0.1) is 0 Å². The number of benzene rings is 1. The van der Waals surface area contributed by atoms with E-state index in [0.29, 0.717) is 0 Å². The van der Waals surface area contributed by atoms with Gasteiger partial charge in [-0.1, -0.05) is 0 Å². The molecule has 0 spiro atoms. The highest BCUT2D eigenvalue weighted by Gasteiger charge is 2.28. The van der Waals surface area contributed by atoms with E-state index in [-0.39, 0.29) is 0 Å². The fraction of sp³-hybridized carbons (Fsp3) is 0.200. The highest BCUT2D eigenvalue weighted by molar-refractivity contribution is 5.76. The first-order chi connectivity index (χ1) is 9.25. The quantitative estimate of drug-likeness (QED) is 0.287. The second-order valence-electron chi connectivity index (χ2n) is 3.33. The summed E-state index contributed by atoms with van der Waals surface area (Å²) in [5, 5.41) is 0. The number of carbonyl (C=O) groups excluding carboxylic acids is 2. The Hall–Kier alpha value is -2.23. The highest BCUT2D eigenvalue weighted by atomic mass is 19.2. The summed E-state index contributed by atoms with van der Waals surface area (Å²) < 4.78 is 72.7. The van der Waals surface area contributed by atoms with E-state index in [1.165, 1.54) is 0 Å². The summed E-state index contributed by atoms with van der Waals surface area (Å²) >= 11 is 0. The number of primary amides is 1. The molecule has 0 unspecified atom stereocenters. The molecule has 110 valence electrons. The van der Waals surface area contributed by atoms with Gasteiger partial charge in [-0.3, -0.25) is 4.79 Å². The van der Waals surface area contributed by atoms with Crippen LogP contribution in [0.15, 0.2) is 0 Å². The van der Waals surface area contributed by atoms with Crippen LogP contribution >= 0.6 is 0 Å². The molecule has 0 aliphatic carbocycles. The lowest BCUT2D eigenvalue weighted by Crippen LogP contribution is -2.23. The van der Waals surface area contributed by atoms with Crippen molar-refractivity contribution in [1.82, 2.24) is 0 Å². The van der Waals surface area contributed by atoms with Gasteiger partial charge in [-0.25, -0.2) is 18.0 Å². The summed E-state index contributed by atoms with van der Waals surface area (Å²) in [7, 11) is 0. The van der Waals surface area contributed by atoms with Gasteiger partial charge in [-0.15, -0.1) is 0 Å². The third-order valence-electron chi connectivity index (χ3n) is 1.85. The van der Waals surface area contributed by atoms with E-state index in [1.54, 1.807) is 0 Å². The fourth-order valence-corrected chi connectivity index (χ4v) is 1.05. The molecule has 1 aromatic carbocycles. The van der Waals surface area contributed by atoms with Crippen LogP contribution in [-0.2, 0) is 14.3 Å². The summed E-state index contributed by atoms with van der Waals surface area (Å²) in [4.78, 5) is 21.3. The highest BCUT2D eigenvalue weighted by Crippen LogP contribution is 2.29. The minimum Gasteiger partial charge on any atom is -0.418 e.